The number of piperazine rings is 1. The van der Waals surface area contributed by atoms with E-state index in [4.69, 9.17) is 11.6 Å². The number of anilines is 1. The molecule has 1 aliphatic rings. The number of nitrogens with one attached hydrogen (secondary N) is 1. The number of halogens is 1. The van der Waals surface area contributed by atoms with Gasteiger partial charge in [0.1, 0.15) is 9.84 Å². The quantitative estimate of drug-likeness (QED) is 0.715. The van der Waals surface area contributed by atoms with E-state index >= 15 is 0 Å². The van der Waals surface area contributed by atoms with Gasteiger partial charge in [-0.15, -0.1) is 0 Å². The maximum Gasteiger partial charge on any atom is 0.254 e. The van der Waals surface area contributed by atoms with Crippen molar-refractivity contribution in [2.75, 3.05) is 55.7 Å². The van der Waals surface area contributed by atoms with Gasteiger partial charge >= 0.3 is 0 Å². The number of hydrogen-bond donors (Lipinski definition) is 1. The van der Waals surface area contributed by atoms with E-state index < -0.39 is 19.9 Å². The first kappa shape index (κ1) is 20.9. The van der Waals surface area contributed by atoms with Crippen molar-refractivity contribution in [3.8, 4) is 0 Å². The third-order valence-electron chi connectivity index (χ3n) is 3.95. The number of sulfonamides is 1. The lowest BCUT2D eigenvalue weighted by Crippen LogP contribution is -2.49. The van der Waals surface area contributed by atoms with E-state index in [2.05, 4.69) is 4.72 Å². The van der Waals surface area contributed by atoms with Crippen LogP contribution in [-0.4, -0.2) is 83.5 Å². The highest BCUT2D eigenvalue weighted by molar-refractivity contribution is 7.92. The van der Waals surface area contributed by atoms with Crippen LogP contribution in [0.25, 0.3) is 0 Å². The Labute approximate surface area is 159 Å². The zero-order valence-corrected chi connectivity index (χ0v) is 17.0. The van der Waals surface area contributed by atoms with E-state index in [0.29, 0.717) is 38.3 Å². The van der Waals surface area contributed by atoms with Crippen molar-refractivity contribution in [1.82, 2.24) is 9.80 Å². The number of rotatable bonds is 6. The first-order valence-electron chi connectivity index (χ1n) is 7.91. The molecule has 1 fully saturated rings. The standard InChI is InChI=1S/C15H22ClN3O5S2/c1-25(21,22)10-9-18-5-7-19(8-6-18)15(20)12-3-4-13(16)14(11-12)17-26(2,23)24/h3-4,11,17H,5-10H2,1-2H3. The van der Waals surface area contributed by atoms with E-state index in [1.165, 1.54) is 18.4 Å². The Hall–Kier alpha value is -1.36. The fourth-order valence-corrected chi connectivity index (χ4v) is 3.97. The van der Waals surface area contributed by atoms with Gasteiger partial charge in [-0.3, -0.25) is 14.4 Å². The minimum absolute atomic E-state index is 0.0959. The summed E-state index contributed by atoms with van der Waals surface area (Å²) in [6.07, 6.45) is 2.21. The first-order chi connectivity index (χ1) is 11.9. The van der Waals surface area contributed by atoms with Crippen LogP contribution in [0, 0.1) is 0 Å². The maximum absolute atomic E-state index is 12.6. The van der Waals surface area contributed by atoms with Crippen LogP contribution in [0.3, 0.4) is 0 Å². The number of hydrogen-bond acceptors (Lipinski definition) is 6. The van der Waals surface area contributed by atoms with Crippen molar-refractivity contribution in [2.45, 2.75) is 0 Å². The van der Waals surface area contributed by atoms with Crippen molar-refractivity contribution < 1.29 is 21.6 Å². The second-order valence-electron chi connectivity index (χ2n) is 6.33. The zero-order chi connectivity index (χ0) is 19.5. The molecule has 0 aromatic heterocycles. The predicted octanol–water partition coefficient (Wildman–Crippen LogP) is 0.514. The lowest BCUT2D eigenvalue weighted by atomic mass is 10.1. The summed E-state index contributed by atoms with van der Waals surface area (Å²) < 4.78 is 47.5. The van der Waals surface area contributed by atoms with Crippen molar-refractivity contribution in [3.63, 3.8) is 0 Å². The Morgan fingerprint density at radius 2 is 1.73 bits per heavy atom. The van der Waals surface area contributed by atoms with Crippen LogP contribution in [0.4, 0.5) is 5.69 Å². The number of amides is 1. The van der Waals surface area contributed by atoms with Crippen LogP contribution >= 0.6 is 11.6 Å². The second kappa shape index (κ2) is 8.12. The first-order valence-corrected chi connectivity index (χ1v) is 12.2. The third-order valence-corrected chi connectivity index (χ3v) is 5.79. The van der Waals surface area contributed by atoms with Crippen LogP contribution in [0.2, 0.25) is 5.02 Å². The van der Waals surface area contributed by atoms with Gasteiger partial charge in [-0.1, -0.05) is 11.6 Å². The minimum atomic E-state index is -3.51. The molecule has 0 atom stereocenters. The molecule has 0 aliphatic carbocycles. The van der Waals surface area contributed by atoms with Gasteiger partial charge in [0, 0.05) is 44.5 Å². The average Bonchev–Trinajstić information content (AvgIpc) is 2.53. The highest BCUT2D eigenvalue weighted by atomic mass is 35.5. The number of carbonyl (C=O) groups excluding carboxylic acids is 1. The van der Waals surface area contributed by atoms with E-state index in [1.54, 1.807) is 11.0 Å². The Morgan fingerprint density at radius 1 is 1.12 bits per heavy atom. The van der Waals surface area contributed by atoms with E-state index in [9.17, 15) is 21.6 Å². The van der Waals surface area contributed by atoms with Crippen molar-refractivity contribution in [3.05, 3.63) is 28.8 Å². The Kier molecular flexibility index (Phi) is 6.54. The molecule has 11 heteroatoms. The lowest BCUT2D eigenvalue weighted by molar-refractivity contribution is 0.0644. The number of sulfone groups is 1. The fourth-order valence-electron chi connectivity index (χ4n) is 2.59. The molecule has 1 amide bonds. The van der Waals surface area contributed by atoms with Crippen LogP contribution in [0.15, 0.2) is 18.2 Å². The Balaban J connectivity index is 2.01. The largest absolute Gasteiger partial charge is 0.336 e. The van der Waals surface area contributed by atoms with Gasteiger partial charge in [0.05, 0.1) is 22.7 Å². The topological polar surface area (TPSA) is 104 Å². The third kappa shape index (κ3) is 6.42. The number of benzene rings is 1. The van der Waals surface area contributed by atoms with Gasteiger partial charge in [0.2, 0.25) is 10.0 Å². The molecule has 1 heterocycles. The smallest absolute Gasteiger partial charge is 0.254 e. The summed E-state index contributed by atoms with van der Waals surface area (Å²) in [7, 11) is -6.52. The molecular formula is C15H22ClN3O5S2. The van der Waals surface area contributed by atoms with E-state index in [1.807, 2.05) is 4.90 Å². The van der Waals surface area contributed by atoms with Crippen LogP contribution in [0.1, 0.15) is 10.4 Å². The Bertz CT molecular complexity index is 879. The van der Waals surface area contributed by atoms with Crippen LogP contribution < -0.4 is 4.72 Å². The summed E-state index contributed by atoms with van der Waals surface area (Å²) in [6, 6.07) is 4.45. The molecule has 2 rings (SSSR count). The summed E-state index contributed by atoms with van der Waals surface area (Å²) in [5.74, 6) is -0.125. The summed E-state index contributed by atoms with van der Waals surface area (Å²) in [5, 5.41) is 0.206. The normalized spacial score (nSPS) is 16.5. The minimum Gasteiger partial charge on any atom is -0.336 e. The molecule has 26 heavy (non-hydrogen) atoms. The molecule has 0 spiro atoms. The number of nitrogens with zero attached hydrogens (tertiary/aromatic N) is 2. The molecule has 0 unspecified atom stereocenters. The summed E-state index contributed by atoms with van der Waals surface area (Å²) >= 11 is 5.98. The highest BCUT2D eigenvalue weighted by Gasteiger charge is 2.23. The summed E-state index contributed by atoms with van der Waals surface area (Å²) in [5.41, 5.74) is 0.497. The van der Waals surface area contributed by atoms with E-state index in [0.717, 1.165) is 6.26 Å². The van der Waals surface area contributed by atoms with Crippen LogP contribution in [0.5, 0.6) is 0 Å². The molecule has 1 N–H and O–H groups in total. The van der Waals surface area contributed by atoms with Gasteiger partial charge < -0.3 is 4.90 Å². The fraction of sp³-hybridized carbons (Fsp3) is 0.533. The molecule has 146 valence electrons. The Morgan fingerprint density at radius 3 is 2.27 bits per heavy atom. The maximum atomic E-state index is 12.6. The van der Waals surface area contributed by atoms with Crippen LogP contribution in [-0.2, 0) is 19.9 Å². The van der Waals surface area contributed by atoms with Gasteiger partial charge in [0.25, 0.3) is 5.91 Å². The molecule has 1 aliphatic heterocycles. The van der Waals surface area contributed by atoms with Gasteiger partial charge in [-0.2, -0.15) is 0 Å². The van der Waals surface area contributed by atoms with Crippen molar-refractivity contribution >= 4 is 43.1 Å². The SMILES string of the molecule is CS(=O)(=O)CCN1CCN(C(=O)c2ccc(Cl)c(NS(C)(=O)=O)c2)CC1. The number of carbonyl (C=O) groups is 1. The van der Waals surface area contributed by atoms with Gasteiger partial charge in [0.15, 0.2) is 0 Å². The second-order valence-corrected chi connectivity index (χ2v) is 10.7. The average molecular weight is 424 g/mol. The molecule has 0 saturated carbocycles. The molecular weight excluding hydrogens is 402 g/mol. The molecule has 1 aromatic carbocycles. The van der Waals surface area contributed by atoms with E-state index in [-0.39, 0.29) is 22.4 Å². The zero-order valence-electron chi connectivity index (χ0n) is 14.6. The molecule has 0 bridgehead atoms. The van der Waals surface area contributed by atoms with Crippen molar-refractivity contribution in [2.24, 2.45) is 0 Å². The monoisotopic (exact) mass is 423 g/mol. The summed E-state index contributed by atoms with van der Waals surface area (Å²) in [4.78, 5) is 16.3. The molecule has 8 nitrogen and oxygen atoms in total. The summed E-state index contributed by atoms with van der Waals surface area (Å²) in [6.45, 7) is 2.57. The molecule has 1 saturated heterocycles. The lowest BCUT2D eigenvalue weighted by Gasteiger charge is -2.34. The van der Waals surface area contributed by atoms with Gasteiger partial charge in [-0.25, -0.2) is 16.8 Å². The molecule has 0 radical (unpaired) electrons. The predicted molar refractivity (Wildman–Crippen MR) is 102 cm³/mol. The highest BCUT2D eigenvalue weighted by Crippen LogP contribution is 2.24. The molecule has 1 aromatic rings. The van der Waals surface area contributed by atoms with Crippen molar-refractivity contribution in [1.29, 1.82) is 0 Å². The van der Waals surface area contributed by atoms with Gasteiger partial charge in [-0.05, 0) is 18.2 Å².